The highest BCUT2D eigenvalue weighted by Gasteiger charge is 2.30. The number of nitrogens with zero attached hydrogens (tertiary/aromatic N) is 2. The summed E-state index contributed by atoms with van der Waals surface area (Å²) in [6.07, 6.45) is 2.41. The first-order valence-corrected chi connectivity index (χ1v) is 11.5. The summed E-state index contributed by atoms with van der Waals surface area (Å²) in [4.78, 5) is 29.8. The topological polar surface area (TPSA) is 52.7 Å². The van der Waals surface area contributed by atoms with E-state index < -0.39 is 0 Å². The second-order valence-electron chi connectivity index (χ2n) is 10.3. The maximum absolute atomic E-state index is 13.5. The summed E-state index contributed by atoms with van der Waals surface area (Å²) in [5.74, 6) is 0.368. The Bertz CT molecular complexity index is 943. The summed E-state index contributed by atoms with van der Waals surface area (Å²) in [6, 6.07) is 16.1. The van der Waals surface area contributed by atoms with Crippen LogP contribution in [0.25, 0.3) is 0 Å². The van der Waals surface area contributed by atoms with Crippen LogP contribution in [0.1, 0.15) is 64.1 Å². The first kappa shape index (κ1) is 23.8. The number of amides is 2. The third kappa shape index (κ3) is 6.35. The molecule has 0 aliphatic heterocycles. The summed E-state index contributed by atoms with van der Waals surface area (Å²) in [6.45, 7) is 8.84. The molecule has 1 saturated carbocycles. The Morgan fingerprint density at radius 3 is 2.28 bits per heavy atom. The van der Waals surface area contributed by atoms with E-state index >= 15 is 0 Å². The van der Waals surface area contributed by atoms with E-state index in [0.29, 0.717) is 13.0 Å². The molecular formula is C27H37N3O2. The van der Waals surface area contributed by atoms with Gasteiger partial charge in [0.2, 0.25) is 11.8 Å². The molecule has 1 aliphatic rings. The first-order valence-electron chi connectivity index (χ1n) is 11.5. The fourth-order valence-electron chi connectivity index (χ4n) is 3.91. The van der Waals surface area contributed by atoms with Crippen molar-refractivity contribution in [3.8, 4) is 0 Å². The summed E-state index contributed by atoms with van der Waals surface area (Å²) in [7, 11) is 4.01. The van der Waals surface area contributed by atoms with Crippen molar-refractivity contribution in [2.45, 2.75) is 59.5 Å². The Balaban J connectivity index is 1.93. The Kier molecular flexibility index (Phi) is 7.27. The predicted octanol–water partition coefficient (Wildman–Crippen LogP) is 5.63. The number of nitrogens with one attached hydrogen (secondary N) is 1. The van der Waals surface area contributed by atoms with E-state index in [0.717, 1.165) is 35.3 Å². The number of anilines is 2. The number of hydrogen-bond acceptors (Lipinski definition) is 3. The molecule has 1 fully saturated rings. The summed E-state index contributed by atoms with van der Waals surface area (Å²) < 4.78 is 0. The maximum atomic E-state index is 13.5. The van der Waals surface area contributed by atoms with Crippen molar-refractivity contribution in [3.63, 3.8) is 0 Å². The normalized spacial score (nSPS) is 14.6. The molecule has 1 N–H and O–H groups in total. The Hall–Kier alpha value is -2.82. The molecule has 1 atom stereocenters. The molecule has 0 spiro atoms. The van der Waals surface area contributed by atoms with E-state index in [1.165, 1.54) is 0 Å². The minimum atomic E-state index is -0.101. The second kappa shape index (κ2) is 9.76. The van der Waals surface area contributed by atoms with Gasteiger partial charge >= 0.3 is 0 Å². The third-order valence-electron chi connectivity index (χ3n) is 5.87. The molecule has 0 heterocycles. The Morgan fingerprint density at radius 2 is 1.72 bits per heavy atom. The van der Waals surface area contributed by atoms with E-state index in [4.69, 9.17) is 0 Å². The predicted molar refractivity (Wildman–Crippen MR) is 132 cm³/mol. The highest BCUT2D eigenvalue weighted by Crippen LogP contribution is 2.33. The average molecular weight is 436 g/mol. The second-order valence-corrected chi connectivity index (χ2v) is 10.3. The molecule has 1 unspecified atom stereocenters. The van der Waals surface area contributed by atoms with Crippen LogP contribution in [-0.2, 0) is 16.1 Å². The number of hydrogen-bond donors (Lipinski definition) is 1. The van der Waals surface area contributed by atoms with Gasteiger partial charge in [-0.1, -0.05) is 51.1 Å². The van der Waals surface area contributed by atoms with Gasteiger partial charge in [-0.25, -0.2) is 0 Å². The minimum Gasteiger partial charge on any atom is -0.377 e. The average Bonchev–Trinajstić information content (AvgIpc) is 3.56. The first-order chi connectivity index (χ1) is 15.0. The van der Waals surface area contributed by atoms with Crippen molar-refractivity contribution in [2.75, 3.05) is 24.3 Å². The summed E-state index contributed by atoms with van der Waals surface area (Å²) in [5.41, 5.74) is 3.87. The van der Waals surface area contributed by atoms with Gasteiger partial charge in [0.1, 0.15) is 0 Å². The lowest BCUT2D eigenvalue weighted by Gasteiger charge is -2.33. The zero-order valence-electron chi connectivity index (χ0n) is 20.3. The van der Waals surface area contributed by atoms with E-state index in [1.54, 1.807) is 0 Å². The monoisotopic (exact) mass is 435 g/mol. The van der Waals surface area contributed by atoms with Crippen molar-refractivity contribution in [1.82, 2.24) is 4.90 Å². The van der Waals surface area contributed by atoms with Crippen LogP contribution in [0.15, 0.2) is 48.5 Å². The lowest BCUT2D eigenvalue weighted by molar-refractivity contribution is -0.136. The highest BCUT2D eigenvalue weighted by atomic mass is 16.2. The third-order valence-corrected chi connectivity index (χ3v) is 5.87. The number of carbonyl (C=O) groups excluding carboxylic acids is 2. The lowest BCUT2D eigenvalue weighted by Crippen LogP contribution is -2.35. The van der Waals surface area contributed by atoms with Gasteiger partial charge in [0.15, 0.2) is 0 Å². The zero-order valence-corrected chi connectivity index (χ0v) is 20.3. The van der Waals surface area contributed by atoms with E-state index in [2.05, 4.69) is 50.0 Å². The van der Waals surface area contributed by atoms with Gasteiger partial charge in [-0.15, -0.1) is 0 Å². The van der Waals surface area contributed by atoms with Crippen LogP contribution in [0.5, 0.6) is 0 Å². The van der Waals surface area contributed by atoms with Gasteiger partial charge in [-0.3, -0.25) is 9.59 Å². The summed E-state index contributed by atoms with van der Waals surface area (Å²) in [5, 5.41) is 3.05. The van der Waals surface area contributed by atoms with Gasteiger partial charge < -0.3 is 15.1 Å². The van der Waals surface area contributed by atoms with Crippen molar-refractivity contribution in [3.05, 3.63) is 59.7 Å². The number of carbonyl (C=O) groups is 2. The largest absolute Gasteiger partial charge is 0.377 e. The Morgan fingerprint density at radius 1 is 1.06 bits per heavy atom. The van der Waals surface area contributed by atoms with Crippen molar-refractivity contribution in [1.29, 1.82) is 0 Å². The van der Waals surface area contributed by atoms with Gasteiger partial charge in [-0.05, 0) is 54.5 Å². The molecular weight excluding hydrogens is 398 g/mol. The van der Waals surface area contributed by atoms with Gasteiger partial charge in [0, 0.05) is 44.4 Å². The molecule has 0 saturated heterocycles. The Labute approximate surface area is 192 Å². The van der Waals surface area contributed by atoms with Crippen LogP contribution in [0.3, 0.4) is 0 Å². The zero-order chi connectivity index (χ0) is 23.5. The van der Waals surface area contributed by atoms with Crippen LogP contribution in [0.4, 0.5) is 11.4 Å². The van der Waals surface area contributed by atoms with Crippen molar-refractivity contribution in [2.24, 2.45) is 11.3 Å². The van der Waals surface area contributed by atoms with E-state index in [1.807, 2.05) is 55.4 Å². The van der Waals surface area contributed by atoms with Crippen LogP contribution >= 0.6 is 0 Å². The molecule has 2 aromatic carbocycles. The molecule has 5 heteroatoms. The van der Waals surface area contributed by atoms with Gasteiger partial charge in [0.25, 0.3) is 0 Å². The van der Waals surface area contributed by atoms with E-state index in [9.17, 15) is 9.59 Å². The quantitative estimate of drug-likeness (QED) is 0.585. The molecule has 1 aliphatic carbocycles. The highest BCUT2D eigenvalue weighted by molar-refractivity contribution is 5.94. The fraction of sp³-hybridized carbons (Fsp3) is 0.481. The van der Waals surface area contributed by atoms with Crippen LogP contribution < -0.4 is 10.2 Å². The van der Waals surface area contributed by atoms with Gasteiger partial charge in [0.05, 0.1) is 6.04 Å². The number of rotatable bonds is 8. The van der Waals surface area contributed by atoms with Gasteiger partial charge in [-0.2, -0.15) is 0 Å². The van der Waals surface area contributed by atoms with Crippen molar-refractivity contribution >= 4 is 23.2 Å². The standard InChI is InChI=1S/C27H37N3O2/c1-19(20-10-8-7-9-11-20)30(25(31)17-27(2,3)4)18-22-16-23(14-15-24(22)29(5)6)28-26(32)21-12-13-21/h7-11,14-16,19,21H,12-13,17-18H2,1-6H3,(H,28,32). The van der Waals surface area contributed by atoms with Crippen LogP contribution in [0, 0.1) is 11.3 Å². The van der Waals surface area contributed by atoms with E-state index in [-0.39, 0.29) is 29.2 Å². The molecule has 32 heavy (non-hydrogen) atoms. The molecule has 2 amide bonds. The molecule has 5 nitrogen and oxygen atoms in total. The molecule has 0 bridgehead atoms. The molecule has 3 rings (SSSR count). The molecule has 2 aromatic rings. The molecule has 0 aromatic heterocycles. The van der Waals surface area contributed by atoms with Crippen LogP contribution in [-0.4, -0.2) is 30.8 Å². The maximum Gasteiger partial charge on any atom is 0.227 e. The smallest absolute Gasteiger partial charge is 0.227 e. The molecule has 172 valence electrons. The summed E-state index contributed by atoms with van der Waals surface area (Å²) >= 11 is 0. The fourth-order valence-corrected chi connectivity index (χ4v) is 3.91. The number of benzene rings is 2. The van der Waals surface area contributed by atoms with Crippen molar-refractivity contribution < 1.29 is 9.59 Å². The lowest BCUT2D eigenvalue weighted by atomic mass is 9.91. The minimum absolute atomic E-state index is 0.0641. The van der Waals surface area contributed by atoms with Crippen LogP contribution in [0.2, 0.25) is 0 Å². The SMILES string of the molecule is CC(c1ccccc1)N(Cc1cc(NC(=O)C2CC2)ccc1N(C)C)C(=O)CC(C)(C)C. The molecule has 0 radical (unpaired) electrons.